The molecule has 0 saturated heterocycles. The van der Waals surface area contributed by atoms with E-state index in [1.165, 1.54) is 0 Å². The monoisotopic (exact) mass is 210 g/mol. The van der Waals surface area contributed by atoms with E-state index in [9.17, 15) is 5.11 Å². The first-order valence-electron chi connectivity index (χ1n) is 4.48. The Labute approximate surface area is 89.3 Å². The van der Waals surface area contributed by atoms with Crippen LogP contribution in [-0.2, 0) is 6.61 Å². The summed E-state index contributed by atoms with van der Waals surface area (Å²) in [6.07, 6.45) is 4.88. The molecular weight excluding hydrogens is 196 g/mol. The number of aromatic hydroxyl groups is 1. The van der Waals surface area contributed by atoms with Gasteiger partial charge in [0.2, 0.25) is 0 Å². The largest absolute Gasteiger partial charge is 0.508 e. The summed E-state index contributed by atoms with van der Waals surface area (Å²) in [5.41, 5.74) is 1.53. The maximum Gasteiger partial charge on any atom is 0.121 e. The minimum absolute atomic E-state index is 0.138. The van der Waals surface area contributed by atoms with Gasteiger partial charge in [0, 0.05) is 5.56 Å². The lowest BCUT2D eigenvalue weighted by Crippen LogP contribution is -1.85. The SMILES string of the molecule is OCc1cc(C=CCCS)ccc1O. The fourth-order valence-electron chi connectivity index (χ4n) is 1.13. The molecule has 0 amide bonds. The molecule has 1 aromatic carbocycles. The van der Waals surface area contributed by atoms with Crippen molar-refractivity contribution in [2.75, 3.05) is 5.75 Å². The summed E-state index contributed by atoms with van der Waals surface area (Å²) in [4.78, 5) is 0. The molecule has 2 nitrogen and oxygen atoms in total. The zero-order valence-corrected chi connectivity index (χ0v) is 8.74. The number of allylic oxidation sites excluding steroid dienone is 1. The molecule has 0 bridgehead atoms. The van der Waals surface area contributed by atoms with Gasteiger partial charge in [0.1, 0.15) is 5.75 Å². The van der Waals surface area contributed by atoms with Gasteiger partial charge >= 0.3 is 0 Å². The van der Waals surface area contributed by atoms with Crippen LogP contribution in [0.1, 0.15) is 17.5 Å². The van der Waals surface area contributed by atoms with Crippen LogP contribution >= 0.6 is 12.6 Å². The molecule has 3 heteroatoms. The van der Waals surface area contributed by atoms with Gasteiger partial charge < -0.3 is 10.2 Å². The Morgan fingerprint density at radius 1 is 1.36 bits per heavy atom. The fourth-order valence-corrected chi connectivity index (χ4v) is 1.28. The van der Waals surface area contributed by atoms with Crippen molar-refractivity contribution in [1.82, 2.24) is 0 Å². The predicted molar refractivity (Wildman–Crippen MR) is 61.5 cm³/mol. The van der Waals surface area contributed by atoms with E-state index in [0.717, 1.165) is 17.7 Å². The Kier molecular flexibility index (Phi) is 4.56. The Morgan fingerprint density at radius 2 is 2.14 bits per heavy atom. The molecule has 0 atom stereocenters. The predicted octanol–water partition coefficient (Wildman–Crippen LogP) is 2.22. The third kappa shape index (κ3) is 3.09. The van der Waals surface area contributed by atoms with Crippen LogP contribution in [0.5, 0.6) is 5.75 Å². The van der Waals surface area contributed by atoms with Crippen LogP contribution < -0.4 is 0 Å². The van der Waals surface area contributed by atoms with Crippen LogP contribution in [0.15, 0.2) is 24.3 Å². The molecule has 0 fully saturated rings. The topological polar surface area (TPSA) is 40.5 Å². The van der Waals surface area contributed by atoms with Gasteiger partial charge in [0.15, 0.2) is 0 Å². The lowest BCUT2D eigenvalue weighted by molar-refractivity contribution is 0.275. The molecule has 2 N–H and O–H groups in total. The smallest absolute Gasteiger partial charge is 0.121 e. The number of benzene rings is 1. The molecular formula is C11H14O2S. The summed E-state index contributed by atoms with van der Waals surface area (Å²) in [7, 11) is 0. The number of aliphatic hydroxyl groups excluding tert-OH is 1. The van der Waals surface area contributed by atoms with Gasteiger partial charge in [0.05, 0.1) is 6.61 Å². The summed E-state index contributed by atoms with van der Waals surface area (Å²) < 4.78 is 0. The number of aliphatic hydroxyl groups is 1. The van der Waals surface area contributed by atoms with Gasteiger partial charge in [-0.05, 0) is 29.9 Å². The number of hydrogen-bond acceptors (Lipinski definition) is 3. The second-order valence-corrected chi connectivity index (χ2v) is 3.41. The van der Waals surface area contributed by atoms with Crippen LogP contribution in [0.25, 0.3) is 6.08 Å². The van der Waals surface area contributed by atoms with Crippen molar-refractivity contribution in [2.24, 2.45) is 0 Å². The lowest BCUT2D eigenvalue weighted by atomic mass is 10.1. The molecule has 14 heavy (non-hydrogen) atoms. The highest BCUT2D eigenvalue weighted by Crippen LogP contribution is 2.19. The van der Waals surface area contributed by atoms with E-state index < -0.39 is 0 Å². The molecule has 0 radical (unpaired) electrons. The van der Waals surface area contributed by atoms with Crippen molar-refractivity contribution < 1.29 is 10.2 Å². The highest BCUT2D eigenvalue weighted by molar-refractivity contribution is 7.80. The first-order chi connectivity index (χ1) is 6.77. The maximum atomic E-state index is 9.31. The normalized spacial score (nSPS) is 11.0. The Bertz CT molecular complexity index is 321. The van der Waals surface area contributed by atoms with E-state index in [0.29, 0.717) is 5.56 Å². The summed E-state index contributed by atoms with van der Waals surface area (Å²) in [5, 5.41) is 18.2. The highest BCUT2D eigenvalue weighted by Gasteiger charge is 1.98. The number of phenols is 1. The van der Waals surface area contributed by atoms with Crippen molar-refractivity contribution in [3.05, 3.63) is 35.4 Å². The Balaban J connectivity index is 2.79. The molecule has 0 aliphatic rings. The van der Waals surface area contributed by atoms with E-state index in [-0.39, 0.29) is 12.4 Å². The molecule has 0 spiro atoms. The lowest BCUT2D eigenvalue weighted by Gasteiger charge is -2.01. The van der Waals surface area contributed by atoms with Crippen molar-refractivity contribution in [2.45, 2.75) is 13.0 Å². The molecule has 0 unspecified atom stereocenters. The second-order valence-electron chi connectivity index (χ2n) is 2.96. The van der Waals surface area contributed by atoms with Crippen molar-refractivity contribution in [3.63, 3.8) is 0 Å². The van der Waals surface area contributed by atoms with Crippen LogP contribution in [0.3, 0.4) is 0 Å². The maximum absolute atomic E-state index is 9.31. The zero-order chi connectivity index (χ0) is 10.4. The van der Waals surface area contributed by atoms with Crippen molar-refractivity contribution in [1.29, 1.82) is 0 Å². The Hall–Kier alpha value is -0.930. The van der Waals surface area contributed by atoms with E-state index in [1.807, 2.05) is 18.2 Å². The summed E-state index contributed by atoms with van der Waals surface area (Å²) >= 11 is 4.09. The first-order valence-corrected chi connectivity index (χ1v) is 5.11. The van der Waals surface area contributed by atoms with E-state index in [2.05, 4.69) is 12.6 Å². The summed E-state index contributed by atoms with van der Waals surface area (Å²) in [6.45, 7) is -0.139. The van der Waals surface area contributed by atoms with E-state index in [1.54, 1.807) is 12.1 Å². The third-order valence-corrected chi connectivity index (χ3v) is 2.14. The van der Waals surface area contributed by atoms with Gasteiger partial charge in [-0.15, -0.1) is 0 Å². The minimum atomic E-state index is -0.139. The third-order valence-electron chi connectivity index (χ3n) is 1.88. The summed E-state index contributed by atoms with van der Waals surface area (Å²) in [6, 6.07) is 5.17. The van der Waals surface area contributed by atoms with Gasteiger partial charge in [-0.25, -0.2) is 0 Å². The van der Waals surface area contributed by atoms with Gasteiger partial charge in [-0.3, -0.25) is 0 Å². The molecule has 0 heterocycles. The molecule has 0 aliphatic carbocycles. The average molecular weight is 210 g/mol. The standard InChI is InChI=1S/C11H14O2S/c12-8-10-7-9(3-1-2-6-14)4-5-11(10)13/h1,3-5,7,12-14H,2,6,8H2. The quantitative estimate of drug-likeness (QED) is 0.667. The molecule has 1 rings (SSSR count). The zero-order valence-electron chi connectivity index (χ0n) is 7.85. The van der Waals surface area contributed by atoms with Crippen LogP contribution in [0.2, 0.25) is 0 Å². The van der Waals surface area contributed by atoms with Crippen molar-refractivity contribution in [3.8, 4) is 5.75 Å². The van der Waals surface area contributed by atoms with Crippen LogP contribution in [-0.4, -0.2) is 16.0 Å². The van der Waals surface area contributed by atoms with Crippen molar-refractivity contribution >= 4 is 18.7 Å². The number of hydrogen-bond donors (Lipinski definition) is 3. The first kappa shape index (κ1) is 11.1. The highest BCUT2D eigenvalue weighted by atomic mass is 32.1. The van der Waals surface area contributed by atoms with Crippen LogP contribution in [0, 0.1) is 0 Å². The van der Waals surface area contributed by atoms with E-state index in [4.69, 9.17) is 5.11 Å². The van der Waals surface area contributed by atoms with Gasteiger partial charge in [-0.1, -0.05) is 18.2 Å². The molecule has 0 saturated carbocycles. The summed E-state index contributed by atoms with van der Waals surface area (Å²) in [5.74, 6) is 0.959. The molecule has 0 aliphatic heterocycles. The Morgan fingerprint density at radius 3 is 2.79 bits per heavy atom. The van der Waals surface area contributed by atoms with E-state index >= 15 is 0 Å². The second kappa shape index (κ2) is 5.73. The molecule has 1 aromatic rings. The molecule has 76 valence electrons. The van der Waals surface area contributed by atoms with Gasteiger partial charge in [-0.2, -0.15) is 12.6 Å². The number of rotatable bonds is 4. The fraction of sp³-hybridized carbons (Fsp3) is 0.273. The molecule has 0 aromatic heterocycles. The van der Waals surface area contributed by atoms with Crippen LogP contribution in [0.4, 0.5) is 0 Å². The minimum Gasteiger partial charge on any atom is -0.508 e. The average Bonchev–Trinajstić information content (AvgIpc) is 2.21. The number of thiol groups is 1. The van der Waals surface area contributed by atoms with Gasteiger partial charge in [0.25, 0.3) is 0 Å².